The summed E-state index contributed by atoms with van der Waals surface area (Å²) in [6.07, 6.45) is 3.28. The first kappa shape index (κ1) is 7.72. The Morgan fingerprint density at radius 2 is 1.29 bits per heavy atom. The van der Waals surface area contributed by atoms with E-state index in [0.717, 1.165) is 0 Å². The standard InChI is InChI=1S/C4H4N2.K/c1-2-4-6-5-3-1;/h1-4H;. The van der Waals surface area contributed by atoms with Crippen LogP contribution in [0.3, 0.4) is 0 Å². The molecule has 0 saturated heterocycles. The predicted molar refractivity (Wildman–Crippen MR) is 27.8 cm³/mol. The molecule has 0 atom stereocenters. The monoisotopic (exact) mass is 119 g/mol. The summed E-state index contributed by atoms with van der Waals surface area (Å²) in [5.41, 5.74) is 0. The van der Waals surface area contributed by atoms with E-state index >= 15 is 0 Å². The summed E-state index contributed by atoms with van der Waals surface area (Å²) >= 11 is 0. The summed E-state index contributed by atoms with van der Waals surface area (Å²) in [5, 5.41) is 7.07. The molecule has 0 spiro atoms. The predicted octanol–water partition coefficient (Wildman–Crippen LogP) is 0.0958. The van der Waals surface area contributed by atoms with Crippen LogP contribution in [0.15, 0.2) is 24.5 Å². The second-order valence-corrected chi connectivity index (χ2v) is 0.914. The van der Waals surface area contributed by atoms with Crippen molar-refractivity contribution < 1.29 is 0 Å². The fourth-order valence-corrected chi connectivity index (χ4v) is 0.253. The van der Waals surface area contributed by atoms with Crippen LogP contribution in [-0.2, 0) is 0 Å². The SMILES string of the molecule is [K].c1ccnnc1. The van der Waals surface area contributed by atoms with Crippen molar-refractivity contribution in [3.05, 3.63) is 24.5 Å². The van der Waals surface area contributed by atoms with Crippen LogP contribution in [0.2, 0.25) is 0 Å². The van der Waals surface area contributed by atoms with Gasteiger partial charge < -0.3 is 0 Å². The van der Waals surface area contributed by atoms with Crippen LogP contribution in [0.25, 0.3) is 0 Å². The molecule has 7 heavy (non-hydrogen) atoms. The van der Waals surface area contributed by atoms with Crippen molar-refractivity contribution >= 4 is 51.4 Å². The van der Waals surface area contributed by atoms with Gasteiger partial charge in [-0.05, 0) is 12.1 Å². The molecule has 0 saturated carbocycles. The van der Waals surface area contributed by atoms with E-state index in [9.17, 15) is 0 Å². The summed E-state index contributed by atoms with van der Waals surface area (Å²) in [6, 6.07) is 3.65. The molecule has 0 amide bonds. The minimum Gasteiger partial charge on any atom is -0.159 e. The van der Waals surface area contributed by atoms with Gasteiger partial charge in [0.25, 0.3) is 0 Å². The van der Waals surface area contributed by atoms with E-state index in [1.807, 2.05) is 12.1 Å². The van der Waals surface area contributed by atoms with E-state index < -0.39 is 0 Å². The molecule has 1 radical (unpaired) electrons. The maximum atomic E-state index is 3.53. The number of hydrogen-bond donors (Lipinski definition) is 0. The first-order valence-electron chi connectivity index (χ1n) is 1.72. The normalized spacial score (nSPS) is 6.86. The third-order valence-electron chi connectivity index (χ3n) is 0.483. The Kier molecular flexibility index (Phi) is 5.36. The molecule has 1 heterocycles. The van der Waals surface area contributed by atoms with Crippen molar-refractivity contribution in [3.8, 4) is 0 Å². The van der Waals surface area contributed by atoms with Gasteiger partial charge in [0.15, 0.2) is 0 Å². The molecule has 0 aromatic carbocycles. The van der Waals surface area contributed by atoms with Gasteiger partial charge in [-0.1, -0.05) is 0 Å². The van der Waals surface area contributed by atoms with Crippen LogP contribution < -0.4 is 0 Å². The number of rotatable bonds is 0. The third kappa shape index (κ3) is 3.31. The molecule has 1 rings (SSSR count). The fourth-order valence-electron chi connectivity index (χ4n) is 0.253. The van der Waals surface area contributed by atoms with Gasteiger partial charge in [0, 0.05) is 63.8 Å². The van der Waals surface area contributed by atoms with Crippen LogP contribution in [0, 0.1) is 0 Å². The van der Waals surface area contributed by atoms with Gasteiger partial charge in [0.1, 0.15) is 0 Å². The van der Waals surface area contributed by atoms with Gasteiger partial charge >= 0.3 is 0 Å². The van der Waals surface area contributed by atoms with Gasteiger partial charge in [-0.2, -0.15) is 10.2 Å². The smallest absolute Gasteiger partial charge is 0.0496 e. The van der Waals surface area contributed by atoms with Gasteiger partial charge in [-0.25, -0.2) is 0 Å². The maximum absolute atomic E-state index is 3.53. The van der Waals surface area contributed by atoms with Crippen molar-refractivity contribution in [2.45, 2.75) is 0 Å². The Morgan fingerprint density at radius 3 is 1.43 bits per heavy atom. The van der Waals surface area contributed by atoms with Crippen LogP contribution in [0.1, 0.15) is 0 Å². The fraction of sp³-hybridized carbons (Fsp3) is 0. The molecular formula is C4H4KN2. The molecule has 0 bridgehead atoms. The first-order valence-corrected chi connectivity index (χ1v) is 1.72. The van der Waals surface area contributed by atoms with Crippen molar-refractivity contribution in [2.24, 2.45) is 0 Å². The van der Waals surface area contributed by atoms with E-state index in [-0.39, 0.29) is 51.4 Å². The molecule has 0 aliphatic heterocycles. The average molecular weight is 119 g/mol. The Balaban J connectivity index is 0.000000360. The van der Waals surface area contributed by atoms with Crippen molar-refractivity contribution in [1.82, 2.24) is 10.2 Å². The topological polar surface area (TPSA) is 25.8 Å². The minimum atomic E-state index is 0. The quantitative estimate of drug-likeness (QED) is 0.452. The molecule has 1 aromatic rings. The van der Waals surface area contributed by atoms with Gasteiger partial charge in [0.2, 0.25) is 0 Å². The summed E-state index contributed by atoms with van der Waals surface area (Å²) in [6.45, 7) is 0. The molecule has 31 valence electrons. The van der Waals surface area contributed by atoms with Crippen LogP contribution in [0.5, 0.6) is 0 Å². The van der Waals surface area contributed by atoms with Crippen molar-refractivity contribution in [3.63, 3.8) is 0 Å². The minimum absolute atomic E-state index is 0. The molecule has 0 unspecified atom stereocenters. The van der Waals surface area contributed by atoms with E-state index in [4.69, 9.17) is 0 Å². The molecule has 0 fully saturated rings. The zero-order valence-electron chi connectivity index (χ0n) is 4.20. The summed E-state index contributed by atoms with van der Waals surface area (Å²) in [7, 11) is 0. The van der Waals surface area contributed by atoms with Crippen LogP contribution in [-0.4, -0.2) is 61.6 Å². The summed E-state index contributed by atoms with van der Waals surface area (Å²) in [5.74, 6) is 0. The number of aromatic nitrogens is 2. The van der Waals surface area contributed by atoms with Crippen LogP contribution >= 0.6 is 0 Å². The van der Waals surface area contributed by atoms with Crippen molar-refractivity contribution in [2.75, 3.05) is 0 Å². The van der Waals surface area contributed by atoms with E-state index in [1.165, 1.54) is 0 Å². The molecule has 0 aliphatic rings. The Bertz CT molecular complexity index is 81.6. The van der Waals surface area contributed by atoms with Crippen molar-refractivity contribution in [1.29, 1.82) is 0 Å². The zero-order valence-corrected chi connectivity index (χ0v) is 7.33. The van der Waals surface area contributed by atoms with Gasteiger partial charge in [-0.15, -0.1) is 0 Å². The molecule has 3 heteroatoms. The van der Waals surface area contributed by atoms with E-state index in [2.05, 4.69) is 10.2 Å². The second kappa shape index (κ2) is 4.87. The molecule has 0 aliphatic carbocycles. The number of hydrogen-bond acceptors (Lipinski definition) is 2. The Labute approximate surface area is 84.8 Å². The maximum Gasteiger partial charge on any atom is 0.0496 e. The number of nitrogens with zero attached hydrogens (tertiary/aromatic N) is 2. The van der Waals surface area contributed by atoms with Gasteiger partial charge in [0.05, 0.1) is 0 Å². The molecule has 1 aromatic heterocycles. The van der Waals surface area contributed by atoms with E-state index in [1.54, 1.807) is 12.4 Å². The summed E-state index contributed by atoms with van der Waals surface area (Å²) in [4.78, 5) is 0. The zero-order chi connectivity index (χ0) is 4.24. The van der Waals surface area contributed by atoms with E-state index in [0.29, 0.717) is 0 Å². The molecular weight excluding hydrogens is 115 g/mol. The molecule has 2 nitrogen and oxygen atoms in total. The van der Waals surface area contributed by atoms with Gasteiger partial charge in [-0.3, -0.25) is 0 Å². The van der Waals surface area contributed by atoms with Crippen LogP contribution in [0.4, 0.5) is 0 Å². The average Bonchev–Trinajstić information content (AvgIpc) is 1.72. The molecule has 0 N–H and O–H groups in total. The summed E-state index contributed by atoms with van der Waals surface area (Å²) < 4.78 is 0. The second-order valence-electron chi connectivity index (χ2n) is 0.914. The Hall–Kier alpha value is 0.716. The third-order valence-corrected chi connectivity index (χ3v) is 0.483. The largest absolute Gasteiger partial charge is 0.159 e. The Morgan fingerprint density at radius 1 is 0.857 bits per heavy atom. The first-order chi connectivity index (χ1) is 3.00.